The molecule has 9 nitrogen and oxygen atoms in total. The standard InChI is InChI=1S/C30H38N6O3/c37-28-22-26(23-34-18-16-33(17-19-34)15-12-25-8-3-1-4-9-25)31-30(32-28)36-14-7-13-35(20-21-36)29(38)24-39-27-10-5-2-6-11-27/h1-6,8-11,22H,7,12-21,23-24H2,(H,31,32,37). The van der Waals surface area contributed by atoms with E-state index in [0.717, 1.165) is 57.8 Å². The average Bonchev–Trinajstić information content (AvgIpc) is 3.23. The van der Waals surface area contributed by atoms with Crippen molar-refractivity contribution in [2.45, 2.75) is 19.4 Å². The van der Waals surface area contributed by atoms with Gasteiger partial charge in [0.2, 0.25) is 5.95 Å². The largest absolute Gasteiger partial charge is 0.484 e. The van der Waals surface area contributed by atoms with E-state index in [1.807, 2.05) is 35.2 Å². The number of aromatic nitrogens is 2. The molecule has 2 aromatic carbocycles. The highest BCUT2D eigenvalue weighted by Crippen LogP contribution is 2.14. The second-order valence-electron chi connectivity index (χ2n) is 10.2. The van der Waals surface area contributed by atoms with E-state index in [1.54, 1.807) is 6.07 Å². The molecule has 0 saturated carbocycles. The van der Waals surface area contributed by atoms with Gasteiger partial charge in [-0.25, -0.2) is 4.98 Å². The summed E-state index contributed by atoms with van der Waals surface area (Å²) in [5.41, 5.74) is 2.03. The van der Waals surface area contributed by atoms with Crippen LogP contribution in [0, 0.1) is 0 Å². The van der Waals surface area contributed by atoms with Gasteiger partial charge in [0.25, 0.3) is 11.5 Å². The van der Waals surface area contributed by atoms with Crippen LogP contribution in [0.25, 0.3) is 0 Å². The van der Waals surface area contributed by atoms with E-state index in [0.29, 0.717) is 37.9 Å². The summed E-state index contributed by atoms with van der Waals surface area (Å²) in [5, 5.41) is 0. The lowest BCUT2D eigenvalue weighted by Gasteiger charge is -2.34. The van der Waals surface area contributed by atoms with E-state index in [2.05, 4.69) is 50.0 Å². The second kappa shape index (κ2) is 13.4. The highest BCUT2D eigenvalue weighted by atomic mass is 16.5. The monoisotopic (exact) mass is 530 g/mol. The number of anilines is 1. The van der Waals surface area contributed by atoms with Gasteiger partial charge in [0.05, 0.1) is 5.69 Å². The molecule has 1 N–H and O–H groups in total. The summed E-state index contributed by atoms with van der Waals surface area (Å²) < 4.78 is 5.65. The zero-order valence-electron chi connectivity index (χ0n) is 22.5. The van der Waals surface area contributed by atoms with Gasteiger partial charge in [-0.3, -0.25) is 19.5 Å². The molecule has 5 rings (SSSR count). The Morgan fingerprint density at radius 3 is 2.33 bits per heavy atom. The molecule has 3 heterocycles. The molecule has 2 aliphatic rings. The molecule has 0 bridgehead atoms. The van der Waals surface area contributed by atoms with Gasteiger partial charge >= 0.3 is 0 Å². The number of hydrogen-bond acceptors (Lipinski definition) is 7. The number of para-hydroxylation sites is 1. The molecular formula is C30H38N6O3. The number of piperazine rings is 1. The van der Waals surface area contributed by atoms with Crippen molar-refractivity contribution in [3.05, 3.63) is 88.3 Å². The summed E-state index contributed by atoms with van der Waals surface area (Å²) in [6.45, 7) is 8.29. The summed E-state index contributed by atoms with van der Waals surface area (Å²) in [5.74, 6) is 1.25. The number of nitrogens with zero attached hydrogens (tertiary/aromatic N) is 5. The van der Waals surface area contributed by atoms with Gasteiger partial charge in [0, 0.05) is 71.5 Å². The predicted molar refractivity (Wildman–Crippen MR) is 152 cm³/mol. The molecule has 9 heteroatoms. The number of carbonyl (C=O) groups is 1. The number of ether oxygens (including phenoxy) is 1. The molecule has 2 aliphatic heterocycles. The molecule has 39 heavy (non-hydrogen) atoms. The fourth-order valence-electron chi connectivity index (χ4n) is 5.19. The second-order valence-corrected chi connectivity index (χ2v) is 10.2. The highest BCUT2D eigenvalue weighted by molar-refractivity contribution is 5.77. The smallest absolute Gasteiger partial charge is 0.260 e. The van der Waals surface area contributed by atoms with Gasteiger partial charge < -0.3 is 19.4 Å². The number of nitrogens with one attached hydrogen (secondary N) is 1. The topological polar surface area (TPSA) is 85.0 Å². The molecule has 0 radical (unpaired) electrons. The number of carbonyl (C=O) groups excluding carboxylic acids is 1. The Morgan fingerprint density at radius 2 is 1.56 bits per heavy atom. The zero-order chi connectivity index (χ0) is 26.9. The summed E-state index contributed by atoms with van der Waals surface area (Å²) in [7, 11) is 0. The predicted octanol–water partition coefficient (Wildman–Crippen LogP) is 2.25. The Bertz CT molecular complexity index is 1240. The van der Waals surface area contributed by atoms with Crippen molar-refractivity contribution in [2.24, 2.45) is 0 Å². The third-order valence-electron chi connectivity index (χ3n) is 7.45. The molecule has 0 unspecified atom stereocenters. The van der Waals surface area contributed by atoms with Gasteiger partial charge in [-0.05, 0) is 30.5 Å². The first-order valence-electron chi connectivity index (χ1n) is 13.9. The van der Waals surface area contributed by atoms with Crippen LogP contribution in [0.4, 0.5) is 5.95 Å². The van der Waals surface area contributed by atoms with Crippen LogP contribution in [-0.2, 0) is 17.8 Å². The number of rotatable bonds is 9. The minimum absolute atomic E-state index is 0.0219. The van der Waals surface area contributed by atoms with Crippen molar-refractivity contribution in [1.82, 2.24) is 24.7 Å². The van der Waals surface area contributed by atoms with Gasteiger partial charge in [-0.15, -0.1) is 0 Å². The number of aromatic amines is 1. The minimum atomic E-state index is -0.134. The molecule has 1 amide bonds. The van der Waals surface area contributed by atoms with Crippen molar-refractivity contribution in [2.75, 3.05) is 70.4 Å². The van der Waals surface area contributed by atoms with Crippen LogP contribution in [0.15, 0.2) is 71.5 Å². The molecular weight excluding hydrogens is 492 g/mol. The normalized spacial score (nSPS) is 17.1. The number of H-pyrrole nitrogens is 1. The van der Waals surface area contributed by atoms with Crippen LogP contribution in [0.1, 0.15) is 17.7 Å². The molecule has 2 fully saturated rings. The third-order valence-corrected chi connectivity index (χ3v) is 7.45. The molecule has 0 atom stereocenters. The quantitative estimate of drug-likeness (QED) is 0.454. The van der Waals surface area contributed by atoms with E-state index in [9.17, 15) is 9.59 Å². The van der Waals surface area contributed by atoms with Crippen molar-refractivity contribution >= 4 is 11.9 Å². The fourth-order valence-corrected chi connectivity index (χ4v) is 5.19. The Kier molecular flexibility index (Phi) is 9.24. The molecule has 206 valence electrons. The van der Waals surface area contributed by atoms with Crippen LogP contribution in [0.5, 0.6) is 5.75 Å². The molecule has 1 aromatic heterocycles. The van der Waals surface area contributed by atoms with Crippen molar-refractivity contribution in [3.63, 3.8) is 0 Å². The summed E-state index contributed by atoms with van der Waals surface area (Å²) in [6.07, 6.45) is 1.87. The Hall–Kier alpha value is -3.69. The van der Waals surface area contributed by atoms with Crippen LogP contribution in [0.3, 0.4) is 0 Å². The third kappa shape index (κ3) is 7.91. The summed E-state index contributed by atoms with van der Waals surface area (Å²) in [6, 6.07) is 21.6. The van der Waals surface area contributed by atoms with E-state index in [4.69, 9.17) is 9.72 Å². The first-order valence-corrected chi connectivity index (χ1v) is 13.9. The highest BCUT2D eigenvalue weighted by Gasteiger charge is 2.22. The Balaban J connectivity index is 1.10. The maximum atomic E-state index is 12.7. The van der Waals surface area contributed by atoms with Gasteiger partial charge in [0.15, 0.2) is 6.61 Å². The number of hydrogen-bond donors (Lipinski definition) is 1. The lowest BCUT2D eigenvalue weighted by Crippen LogP contribution is -2.46. The SMILES string of the molecule is O=C(COc1ccccc1)N1CCCN(c2nc(CN3CCN(CCc4ccccc4)CC3)cc(=O)[nH]2)CC1. The van der Waals surface area contributed by atoms with Crippen molar-refractivity contribution < 1.29 is 9.53 Å². The zero-order valence-corrected chi connectivity index (χ0v) is 22.5. The van der Waals surface area contributed by atoms with E-state index in [-0.39, 0.29) is 18.1 Å². The first-order chi connectivity index (χ1) is 19.1. The number of benzene rings is 2. The first kappa shape index (κ1) is 26.9. The Morgan fingerprint density at radius 1 is 0.846 bits per heavy atom. The van der Waals surface area contributed by atoms with E-state index >= 15 is 0 Å². The van der Waals surface area contributed by atoms with Crippen LogP contribution in [0.2, 0.25) is 0 Å². The lowest BCUT2D eigenvalue weighted by atomic mass is 10.1. The molecule has 3 aromatic rings. The van der Waals surface area contributed by atoms with Gasteiger partial charge in [-0.1, -0.05) is 48.5 Å². The van der Waals surface area contributed by atoms with Crippen molar-refractivity contribution in [1.29, 1.82) is 0 Å². The maximum absolute atomic E-state index is 12.7. The summed E-state index contributed by atoms with van der Waals surface area (Å²) >= 11 is 0. The lowest BCUT2D eigenvalue weighted by molar-refractivity contribution is -0.133. The molecule has 0 aliphatic carbocycles. The van der Waals surface area contributed by atoms with Gasteiger partial charge in [-0.2, -0.15) is 0 Å². The van der Waals surface area contributed by atoms with E-state index in [1.165, 1.54) is 5.56 Å². The van der Waals surface area contributed by atoms with Crippen molar-refractivity contribution in [3.8, 4) is 5.75 Å². The molecule has 0 spiro atoms. The van der Waals surface area contributed by atoms with Crippen LogP contribution < -0.4 is 15.2 Å². The van der Waals surface area contributed by atoms with Gasteiger partial charge in [0.1, 0.15) is 5.75 Å². The minimum Gasteiger partial charge on any atom is -0.484 e. The number of amides is 1. The average molecular weight is 531 g/mol. The Labute approximate surface area is 230 Å². The molecule has 2 saturated heterocycles. The maximum Gasteiger partial charge on any atom is 0.260 e. The van der Waals surface area contributed by atoms with Crippen LogP contribution in [-0.4, -0.2) is 96.1 Å². The summed E-state index contributed by atoms with van der Waals surface area (Å²) in [4.78, 5) is 41.8. The van der Waals surface area contributed by atoms with Crippen LogP contribution >= 0.6 is 0 Å². The van der Waals surface area contributed by atoms with E-state index < -0.39 is 0 Å². The fraction of sp³-hybridized carbons (Fsp3) is 0.433.